The van der Waals surface area contributed by atoms with Crippen LogP contribution in [0.1, 0.15) is 19.8 Å². The summed E-state index contributed by atoms with van der Waals surface area (Å²) in [5.41, 5.74) is 0. The number of pyridine rings is 1. The van der Waals surface area contributed by atoms with E-state index in [1.165, 1.54) is 10.5 Å². The molecule has 0 amide bonds. The van der Waals surface area contributed by atoms with Gasteiger partial charge in [0, 0.05) is 32.9 Å². The van der Waals surface area contributed by atoms with E-state index in [0.29, 0.717) is 25.5 Å². The monoisotopic (exact) mass is 299 g/mol. The van der Waals surface area contributed by atoms with Gasteiger partial charge in [-0.2, -0.15) is 4.31 Å². The Morgan fingerprint density at radius 1 is 1.40 bits per heavy atom. The molecule has 1 N–H and O–H groups in total. The molecule has 112 valence electrons. The van der Waals surface area contributed by atoms with E-state index in [4.69, 9.17) is 4.74 Å². The van der Waals surface area contributed by atoms with Crippen LogP contribution in [0.4, 0.5) is 5.82 Å². The fourth-order valence-electron chi connectivity index (χ4n) is 2.30. The van der Waals surface area contributed by atoms with E-state index in [1.807, 2.05) is 6.92 Å². The number of nitrogens with zero attached hydrogens (tertiary/aromatic N) is 2. The highest BCUT2D eigenvalue weighted by Crippen LogP contribution is 2.22. The Balaban J connectivity index is 2.07. The molecule has 1 aromatic rings. The zero-order valence-electron chi connectivity index (χ0n) is 11.9. The number of rotatable bonds is 5. The third-order valence-electron chi connectivity index (χ3n) is 3.43. The highest BCUT2D eigenvalue weighted by atomic mass is 32.2. The highest BCUT2D eigenvalue weighted by molar-refractivity contribution is 7.89. The van der Waals surface area contributed by atoms with Gasteiger partial charge in [-0.05, 0) is 31.9 Å². The zero-order chi connectivity index (χ0) is 14.6. The van der Waals surface area contributed by atoms with Crippen LogP contribution in [0.15, 0.2) is 23.2 Å². The number of ether oxygens (including phenoxy) is 1. The number of hydrogen-bond acceptors (Lipinski definition) is 5. The molecule has 0 spiro atoms. The third kappa shape index (κ3) is 3.28. The summed E-state index contributed by atoms with van der Waals surface area (Å²) in [7, 11) is -1.69. The van der Waals surface area contributed by atoms with Gasteiger partial charge in [-0.1, -0.05) is 0 Å². The van der Waals surface area contributed by atoms with E-state index in [9.17, 15) is 8.42 Å². The number of piperidine rings is 1. The van der Waals surface area contributed by atoms with Gasteiger partial charge in [0.15, 0.2) is 0 Å². The molecule has 0 saturated carbocycles. The van der Waals surface area contributed by atoms with Gasteiger partial charge in [0.1, 0.15) is 10.7 Å². The van der Waals surface area contributed by atoms with Crippen LogP contribution in [0.2, 0.25) is 0 Å². The van der Waals surface area contributed by atoms with Crippen LogP contribution < -0.4 is 5.32 Å². The van der Waals surface area contributed by atoms with Crippen molar-refractivity contribution in [2.24, 2.45) is 0 Å². The van der Waals surface area contributed by atoms with E-state index >= 15 is 0 Å². The molecule has 6 nitrogen and oxygen atoms in total. The molecule has 1 saturated heterocycles. The minimum Gasteiger partial charge on any atom is -0.378 e. The normalized spacial score (nSPS) is 18.1. The van der Waals surface area contributed by atoms with Crippen molar-refractivity contribution in [2.75, 3.05) is 32.1 Å². The van der Waals surface area contributed by atoms with Crippen LogP contribution in [0.25, 0.3) is 0 Å². The zero-order valence-corrected chi connectivity index (χ0v) is 12.7. The molecule has 20 heavy (non-hydrogen) atoms. The third-order valence-corrected chi connectivity index (χ3v) is 5.32. The lowest BCUT2D eigenvalue weighted by Crippen LogP contribution is -2.40. The molecule has 1 aromatic heterocycles. The van der Waals surface area contributed by atoms with Crippen LogP contribution >= 0.6 is 0 Å². The quantitative estimate of drug-likeness (QED) is 0.887. The number of hydrogen-bond donors (Lipinski definition) is 1. The van der Waals surface area contributed by atoms with Gasteiger partial charge >= 0.3 is 0 Å². The van der Waals surface area contributed by atoms with Crippen molar-refractivity contribution in [3.63, 3.8) is 0 Å². The van der Waals surface area contributed by atoms with Gasteiger partial charge < -0.3 is 10.1 Å². The molecule has 1 fully saturated rings. The first-order valence-electron chi connectivity index (χ1n) is 6.83. The first-order valence-corrected chi connectivity index (χ1v) is 8.27. The minimum absolute atomic E-state index is 0.177. The number of nitrogens with one attached hydrogen (secondary N) is 1. The van der Waals surface area contributed by atoms with Crippen molar-refractivity contribution in [2.45, 2.75) is 30.8 Å². The van der Waals surface area contributed by atoms with E-state index in [0.717, 1.165) is 12.8 Å². The van der Waals surface area contributed by atoms with Crippen molar-refractivity contribution in [3.05, 3.63) is 18.3 Å². The summed E-state index contributed by atoms with van der Waals surface area (Å²) in [4.78, 5) is 4.30. The van der Waals surface area contributed by atoms with Gasteiger partial charge in [-0.3, -0.25) is 0 Å². The molecule has 0 radical (unpaired) electrons. The molecule has 0 atom stereocenters. The van der Waals surface area contributed by atoms with Gasteiger partial charge in [0.05, 0.1) is 6.10 Å². The van der Waals surface area contributed by atoms with E-state index in [-0.39, 0.29) is 11.0 Å². The Bertz CT molecular complexity index is 522. The summed E-state index contributed by atoms with van der Waals surface area (Å²) >= 11 is 0. The first-order chi connectivity index (χ1) is 9.57. The molecule has 2 heterocycles. The molecule has 1 aliphatic heterocycles. The van der Waals surface area contributed by atoms with Crippen LogP contribution in [0, 0.1) is 0 Å². The maximum absolute atomic E-state index is 12.5. The summed E-state index contributed by atoms with van der Waals surface area (Å²) in [5, 5.41) is 2.87. The highest BCUT2D eigenvalue weighted by Gasteiger charge is 2.29. The topological polar surface area (TPSA) is 71.5 Å². The summed E-state index contributed by atoms with van der Waals surface area (Å²) in [5.74, 6) is 0.652. The Morgan fingerprint density at radius 2 is 2.10 bits per heavy atom. The Morgan fingerprint density at radius 3 is 2.60 bits per heavy atom. The molecular formula is C13H21N3O3S. The second kappa shape index (κ2) is 6.51. The van der Waals surface area contributed by atoms with Crippen LogP contribution in [-0.2, 0) is 14.8 Å². The average molecular weight is 299 g/mol. The van der Waals surface area contributed by atoms with Crippen LogP contribution in [0.5, 0.6) is 0 Å². The number of anilines is 1. The van der Waals surface area contributed by atoms with Crippen LogP contribution in [0.3, 0.4) is 0 Å². The SMILES string of the molecule is CCOC1CCN(S(=O)(=O)c2ccc(NC)nc2)CC1. The Hall–Kier alpha value is -1.18. The molecule has 0 bridgehead atoms. The molecular weight excluding hydrogens is 278 g/mol. The fraction of sp³-hybridized carbons (Fsp3) is 0.615. The van der Waals surface area contributed by atoms with E-state index < -0.39 is 10.0 Å². The predicted molar refractivity (Wildman–Crippen MR) is 77.2 cm³/mol. The second-order valence-electron chi connectivity index (χ2n) is 4.69. The van der Waals surface area contributed by atoms with E-state index in [1.54, 1.807) is 19.2 Å². The van der Waals surface area contributed by atoms with Crippen LogP contribution in [-0.4, -0.2) is 50.6 Å². The van der Waals surface area contributed by atoms with Gasteiger partial charge in [0.25, 0.3) is 0 Å². The number of aromatic nitrogens is 1. The predicted octanol–water partition coefficient (Wildman–Crippen LogP) is 1.31. The Labute approximate surface area is 120 Å². The number of sulfonamides is 1. The Kier molecular flexibility index (Phi) is 4.95. The van der Waals surface area contributed by atoms with Gasteiger partial charge in [0.2, 0.25) is 10.0 Å². The summed E-state index contributed by atoms with van der Waals surface area (Å²) in [6.07, 6.45) is 3.07. The molecule has 7 heteroatoms. The maximum atomic E-state index is 12.5. The minimum atomic E-state index is -3.44. The standard InChI is InChI=1S/C13H21N3O3S/c1-3-19-11-6-8-16(9-7-11)20(17,18)12-4-5-13(14-2)15-10-12/h4-5,10-11H,3,6-9H2,1-2H3,(H,14,15). The lowest BCUT2D eigenvalue weighted by atomic mass is 10.1. The fourth-order valence-corrected chi connectivity index (χ4v) is 3.72. The van der Waals surface area contributed by atoms with Crippen molar-refractivity contribution >= 4 is 15.8 Å². The summed E-state index contributed by atoms with van der Waals surface area (Å²) in [6, 6.07) is 3.25. The molecule has 0 aromatic carbocycles. The molecule has 2 rings (SSSR count). The lowest BCUT2D eigenvalue weighted by molar-refractivity contribution is 0.0290. The van der Waals surface area contributed by atoms with Crippen molar-refractivity contribution in [1.29, 1.82) is 0 Å². The summed E-state index contributed by atoms with van der Waals surface area (Å²) in [6.45, 7) is 3.63. The smallest absolute Gasteiger partial charge is 0.244 e. The molecule has 1 aliphatic rings. The summed E-state index contributed by atoms with van der Waals surface area (Å²) < 4.78 is 32.0. The van der Waals surface area contributed by atoms with Crippen molar-refractivity contribution < 1.29 is 13.2 Å². The van der Waals surface area contributed by atoms with Gasteiger partial charge in [-0.15, -0.1) is 0 Å². The van der Waals surface area contributed by atoms with E-state index in [2.05, 4.69) is 10.3 Å². The largest absolute Gasteiger partial charge is 0.378 e. The lowest BCUT2D eigenvalue weighted by Gasteiger charge is -2.30. The van der Waals surface area contributed by atoms with Crippen molar-refractivity contribution in [1.82, 2.24) is 9.29 Å². The maximum Gasteiger partial charge on any atom is 0.244 e. The van der Waals surface area contributed by atoms with Crippen molar-refractivity contribution in [3.8, 4) is 0 Å². The second-order valence-corrected chi connectivity index (χ2v) is 6.63. The van der Waals surface area contributed by atoms with Gasteiger partial charge in [-0.25, -0.2) is 13.4 Å². The molecule has 0 aliphatic carbocycles. The first kappa shape index (κ1) is 15.2. The molecule has 0 unspecified atom stereocenters. The average Bonchev–Trinajstić information content (AvgIpc) is 2.48.